The molecule has 2 aromatic rings. The molecule has 1 fully saturated rings. The topological polar surface area (TPSA) is 51.0 Å². The zero-order valence-corrected chi connectivity index (χ0v) is 19.8. The van der Waals surface area contributed by atoms with Crippen LogP contribution in [0, 0.1) is 11.3 Å². The van der Waals surface area contributed by atoms with Crippen LogP contribution in [0.2, 0.25) is 0 Å². The lowest BCUT2D eigenvalue weighted by atomic mass is 9.72. The van der Waals surface area contributed by atoms with Crippen molar-refractivity contribution in [2.45, 2.75) is 70.2 Å². The summed E-state index contributed by atoms with van der Waals surface area (Å²) in [5.74, 6) is 1.87. The number of likely N-dealkylation sites (tertiary alicyclic amines) is 1. The summed E-state index contributed by atoms with van der Waals surface area (Å²) in [6.45, 7) is 10.8. The molecule has 7 heteroatoms. The minimum Gasteiger partial charge on any atom is -0.342 e. The van der Waals surface area contributed by atoms with Gasteiger partial charge in [0.05, 0.1) is 10.1 Å². The van der Waals surface area contributed by atoms with Crippen molar-refractivity contribution in [3.63, 3.8) is 0 Å². The Hall–Kier alpha value is -1.34. The quantitative estimate of drug-likeness (QED) is 0.651. The van der Waals surface area contributed by atoms with E-state index in [-0.39, 0.29) is 11.2 Å². The van der Waals surface area contributed by atoms with Crippen LogP contribution in [0.25, 0.3) is 10.7 Å². The van der Waals surface area contributed by atoms with E-state index in [1.807, 2.05) is 30.2 Å². The van der Waals surface area contributed by atoms with E-state index in [9.17, 15) is 4.79 Å². The predicted molar refractivity (Wildman–Crippen MR) is 120 cm³/mol. The number of aromatic nitrogens is 3. The normalized spacial score (nSPS) is 20.7. The molecule has 1 saturated heterocycles. The van der Waals surface area contributed by atoms with Crippen LogP contribution in [0.5, 0.6) is 0 Å². The Bertz CT molecular complexity index is 889. The van der Waals surface area contributed by atoms with Gasteiger partial charge in [-0.15, -0.1) is 21.5 Å². The van der Waals surface area contributed by atoms with Gasteiger partial charge in [-0.3, -0.25) is 4.79 Å². The van der Waals surface area contributed by atoms with Crippen molar-refractivity contribution >= 4 is 29.0 Å². The highest BCUT2D eigenvalue weighted by Crippen LogP contribution is 2.42. The summed E-state index contributed by atoms with van der Waals surface area (Å²) < 4.78 is 2.05. The highest BCUT2D eigenvalue weighted by Gasteiger charge is 2.31. The Morgan fingerprint density at radius 1 is 1.28 bits per heavy atom. The number of carbonyl (C=O) groups is 1. The van der Waals surface area contributed by atoms with E-state index in [0.29, 0.717) is 5.41 Å². The number of thioether (sulfide) groups is 1. The highest BCUT2D eigenvalue weighted by atomic mass is 32.2. The summed E-state index contributed by atoms with van der Waals surface area (Å²) in [6, 6.07) is 2.33. The first-order chi connectivity index (χ1) is 13.7. The molecule has 0 spiro atoms. The molecule has 0 radical (unpaired) electrons. The first-order valence-electron chi connectivity index (χ1n) is 10.7. The molecule has 0 saturated carbocycles. The van der Waals surface area contributed by atoms with Crippen LogP contribution in [0.15, 0.2) is 11.2 Å². The van der Waals surface area contributed by atoms with Crippen LogP contribution in [0.3, 0.4) is 0 Å². The summed E-state index contributed by atoms with van der Waals surface area (Å²) >= 11 is 3.39. The van der Waals surface area contributed by atoms with Crippen molar-refractivity contribution in [1.29, 1.82) is 0 Å². The number of amides is 1. The maximum atomic E-state index is 12.6. The van der Waals surface area contributed by atoms with E-state index < -0.39 is 0 Å². The molecule has 1 amide bonds. The summed E-state index contributed by atoms with van der Waals surface area (Å²) in [5.41, 5.74) is 1.85. The Labute approximate surface area is 182 Å². The molecular formula is C22H32N4OS2. The third-order valence-electron chi connectivity index (χ3n) is 6.41. The average molecular weight is 433 g/mol. The van der Waals surface area contributed by atoms with Crippen LogP contribution in [0.4, 0.5) is 0 Å². The molecule has 2 aliphatic rings. The SMILES string of the molecule is C[C@H](Sc1nnc(-c2cc3c(s2)CC[C@@H](C(C)(C)C)C3)n1C)C(=O)N1CCCC1. The Balaban J connectivity index is 1.49. The molecule has 4 rings (SSSR count). The van der Waals surface area contributed by atoms with Crippen molar-refractivity contribution in [1.82, 2.24) is 19.7 Å². The van der Waals surface area contributed by atoms with Crippen molar-refractivity contribution in [2.75, 3.05) is 13.1 Å². The number of hydrogen-bond donors (Lipinski definition) is 0. The number of hydrogen-bond acceptors (Lipinski definition) is 5. The maximum absolute atomic E-state index is 12.6. The van der Waals surface area contributed by atoms with E-state index in [4.69, 9.17) is 0 Å². The van der Waals surface area contributed by atoms with Crippen LogP contribution in [0.1, 0.15) is 57.4 Å². The van der Waals surface area contributed by atoms with Crippen LogP contribution in [-0.4, -0.2) is 43.9 Å². The molecule has 0 aromatic carbocycles. The van der Waals surface area contributed by atoms with Crippen LogP contribution < -0.4 is 0 Å². The molecule has 29 heavy (non-hydrogen) atoms. The van der Waals surface area contributed by atoms with Crippen LogP contribution >= 0.6 is 23.1 Å². The van der Waals surface area contributed by atoms with Crippen molar-refractivity contribution in [3.05, 3.63) is 16.5 Å². The van der Waals surface area contributed by atoms with E-state index in [2.05, 4.69) is 41.6 Å². The Morgan fingerprint density at radius 2 is 2.00 bits per heavy atom. The molecule has 3 heterocycles. The van der Waals surface area contributed by atoms with Gasteiger partial charge in [-0.1, -0.05) is 32.5 Å². The van der Waals surface area contributed by atoms with E-state index >= 15 is 0 Å². The van der Waals surface area contributed by atoms with Gasteiger partial charge in [-0.2, -0.15) is 0 Å². The number of rotatable bonds is 4. The van der Waals surface area contributed by atoms with Crippen molar-refractivity contribution in [2.24, 2.45) is 18.4 Å². The lowest BCUT2D eigenvalue weighted by Crippen LogP contribution is -2.34. The van der Waals surface area contributed by atoms with Gasteiger partial charge in [0.1, 0.15) is 0 Å². The van der Waals surface area contributed by atoms with Gasteiger partial charge in [-0.05, 0) is 62.0 Å². The lowest BCUT2D eigenvalue weighted by molar-refractivity contribution is -0.129. The monoisotopic (exact) mass is 432 g/mol. The lowest BCUT2D eigenvalue weighted by Gasteiger charge is -2.33. The molecule has 2 aromatic heterocycles. The number of nitrogens with zero attached hydrogens (tertiary/aromatic N) is 4. The van der Waals surface area contributed by atoms with Gasteiger partial charge in [0.2, 0.25) is 5.91 Å². The minimum atomic E-state index is -0.132. The van der Waals surface area contributed by atoms with E-state index in [0.717, 1.165) is 49.3 Å². The molecule has 158 valence electrons. The number of aryl methyl sites for hydroxylation is 1. The second-order valence-corrected chi connectivity index (χ2v) is 12.0. The predicted octanol–water partition coefficient (Wildman–Crippen LogP) is 4.80. The minimum absolute atomic E-state index is 0.132. The summed E-state index contributed by atoms with van der Waals surface area (Å²) in [4.78, 5) is 17.3. The molecule has 2 atom stereocenters. The third kappa shape index (κ3) is 4.26. The first-order valence-corrected chi connectivity index (χ1v) is 12.4. The fourth-order valence-electron chi connectivity index (χ4n) is 4.41. The fraction of sp³-hybridized carbons (Fsp3) is 0.682. The zero-order valence-electron chi connectivity index (χ0n) is 18.2. The smallest absolute Gasteiger partial charge is 0.235 e. The second-order valence-electron chi connectivity index (χ2n) is 9.52. The van der Waals surface area contributed by atoms with E-state index in [1.165, 1.54) is 39.9 Å². The molecule has 0 unspecified atom stereocenters. The number of carbonyl (C=O) groups excluding carboxylic acids is 1. The Morgan fingerprint density at radius 3 is 2.69 bits per heavy atom. The molecular weight excluding hydrogens is 400 g/mol. The molecule has 1 aliphatic carbocycles. The average Bonchev–Trinajstić information content (AvgIpc) is 3.40. The second kappa shape index (κ2) is 8.06. The molecule has 1 aliphatic heterocycles. The third-order valence-corrected chi connectivity index (χ3v) is 8.77. The van der Waals surface area contributed by atoms with Crippen LogP contribution in [-0.2, 0) is 24.7 Å². The Kier molecular flexibility index (Phi) is 5.81. The van der Waals surface area contributed by atoms with Gasteiger partial charge < -0.3 is 9.47 Å². The summed E-state index contributed by atoms with van der Waals surface area (Å²) in [5, 5.41) is 9.59. The zero-order chi connectivity index (χ0) is 20.8. The highest BCUT2D eigenvalue weighted by molar-refractivity contribution is 8.00. The van der Waals surface area contributed by atoms with Gasteiger partial charge >= 0.3 is 0 Å². The maximum Gasteiger partial charge on any atom is 0.235 e. The molecule has 0 N–H and O–H groups in total. The van der Waals surface area contributed by atoms with Crippen molar-refractivity contribution in [3.8, 4) is 10.7 Å². The summed E-state index contributed by atoms with van der Waals surface area (Å²) in [6.07, 6.45) is 5.85. The van der Waals surface area contributed by atoms with Crippen molar-refractivity contribution < 1.29 is 4.79 Å². The number of thiophene rings is 1. The first kappa shape index (κ1) is 20.9. The van der Waals surface area contributed by atoms with Gasteiger partial charge in [0.25, 0.3) is 0 Å². The summed E-state index contributed by atoms with van der Waals surface area (Å²) in [7, 11) is 2.02. The largest absolute Gasteiger partial charge is 0.342 e. The molecule has 0 bridgehead atoms. The fourth-order valence-corrected chi connectivity index (χ4v) is 6.54. The van der Waals surface area contributed by atoms with Gasteiger partial charge in [0, 0.05) is 25.0 Å². The number of fused-ring (bicyclic) bond motifs is 1. The van der Waals surface area contributed by atoms with Gasteiger partial charge in [0.15, 0.2) is 11.0 Å². The van der Waals surface area contributed by atoms with Gasteiger partial charge in [-0.25, -0.2) is 0 Å². The standard InChI is InChI=1S/C22H32N4OS2/c1-14(20(27)26-10-6-7-11-26)28-21-24-23-19(25(21)5)18-13-15-12-16(22(2,3)4)8-9-17(15)29-18/h13-14,16H,6-12H2,1-5H3/t14-,16+/m0/s1. The molecule has 5 nitrogen and oxygen atoms in total. The van der Waals surface area contributed by atoms with E-state index in [1.54, 1.807) is 0 Å².